The molecular weight excluding hydrogens is 274 g/mol. The van der Waals surface area contributed by atoms with Gasteiger partial charge < -0.3 is 14.8 Å². The molecule has 106 valence electrons. The first-order valence-corrected chi connectivity index (χ1v) is 6.86. The zero-order valence-electron chi connectivity index (χ0n) is 11.6. The van der Waals surface area contributed by atoms with Gasteiger partial charge in [0.1, 0.15) is 17.6 Å². The van der Waals surface area contributed by atoms with Gasteiger partial charge in [0.2, 0.25) is 0 Å². The van der Waals surface area contributed by atoms with Gasteiger partial charge in [0.05, 0.1) is 19.3 Å². The molecule has 0 spiro atoms. The number of hydrogen-bond donors (Lipinski definition) is 1. The smallest absolute Gasteiger partial charge is 0.141 e. The van der Waals surface area contributed by atoms with Crippen LogP contribution in [-0.2, 0) is 0 Å². The fourth-order valence-corrected chi connectivity index (χ4v) is 1.96. The highest BCUT2D eigenvalue weighted by Gasteiger charge is 2.06. The molecule has 2 rings (SSSR count). The van der Waals surface area contributed by atoms with Crippen LogP contribution in [-0.4, -0.2) is 19.8 Å². The predicted octanol–water partition coefficient (Wildman–Crippen LogP) is 4.23. The lowest BCUT2D eigenvalue weighted by Gasteiger charge is -2.17. The average Bonchev–Trinajstić information content (AvgIpc) is 2.48. The van der Waals surface area contributed by atoms with E-state index in [0.717, 1.165) is 17.2 Å². The maximum Gasteiger partial charge on any atom is 0.141 e. The van der Waals surface area contributed by atoms with Gasteiger partial charge in [-0.2, -0.15) is 0 Å². The number of methoxy groups -OCH3 is 1. The summed E-state index contributed by atoms with van der Waals surface area (Å²) in [6, 6.07) is 15.2. The van der Waals surface area contributed by atoms with Crippen LogP contribution in [0, 0.1) is 0 Å². The Morgan fingerprint density at radius 2 is 1.80 bits per heavy atom. The van der Waals surface area contributed by atoms with Crippen molar-refractivity contribution in [1.82, 2.24) is 0 Å². The first-order chi connectivity index (χ1) is 9.69. The lowest BCUT2D eigenvalue weighted by molar-refractivity contribution is 0.234. The van der Waals surface area contributed by atoms with Crippen molar-refractivity contribution in [2.45, 2.75) is 13.0 Å². The highest BCUT2D eigenvalue weighted by atomic mass is 35.5. The molecule has 0 aliphatic carbocycles. The highest BCUT2D eigenvalue weighted by molar-refractivity contribution is 6.30. The standard InChI is InChI=1S/C16H18ClNO2/c1-12(20-14-9-7-13(17)8-10-14)11-18-15-5-3-4-6-16(15)19-2/h3-10,12,18H,11H2,1-2H3. The van der Waals surface area contributed by atoms with Crippen LogP contribution in [0.4, 0.5) is 5.69 Å². The van der Waals surface area contributed by atoms with Crippen LogP contribution in [0.25, 0.3) is 0 Å². The van der Waals surface area contributed by atoms with Crippen molar-refractivity contribution in [3.63, 3.8) is 0 Å². The Labute approximate surface area is 124 Å². The topological polar surface area (TPSA) is 30.5 Å². The minimum Gasteiger partial charge on any atom is -0.495 e. The molecule has 1 N–H and O–H groups in total. The van der Waals surface area contributed by atoms with Gasteiger partial charge in [0, 0.05) is 5.02 Å². The Kier molecular flexibility index (Phi) is 5.13. The lowest BCUT2D eigenvalue weighted by atomic mass is 10.2. The van der Waals surface area contributed by atoms with Gasteiger partial charge in [-0.3, -0.25) is 0 Å². The van der Waals surface area contributed by atoms with Crippen LogP contribution in [0.1, 0.15) is 6.92 Å². The van der Waals surface area contributed by atoms with E-state index < -0.39 is 0 Å². The molecule has 2 aromatic carbocycles. The van der Waals surface area contributed by atoms with Gasteiger partial charge in [-0.15, -0.1) is 0 Å². The third kappa shape index (κ3) is 4.07. The zero-order chi connectivity index (χ0) is 14.4. The normalized spacial score (nSPS) is 11.8. The monoisotopic (exact) mass is 291 g/mol. The van der Waals surface area contributed by atoms with Gasteiger partial charge in [0.15, 0.2) is 0 Å². The van der Waals surface area contributed by atoms with E-state index >= 15 is 0 Å². The summed E-state index contributed by atoms with van der Waals surface area (Å²) in [4.78, 5) is 0. The second kappa shape index (κ2) is 7.06. The summed E-state index contributed by atoms with van der Waals surface area (Å²) in [6.45, 7) is 2.69. The van der Waals surface area contributed by atoms with Crippen LogP contribution in [0.5, 0.6) is 11.5 Å². The van der Waals surface area contributed by atoms with E-state index in [1.54, 1.807) is 7.11 Å². The van der Waals surface area contributed by atoms with E-state index in [1.165, 1.54) is 0 Å². The third-order valence-corrected chi connectivity index (χ3v) is 3.09. The molecule has 0 radical (unpaired) electrons. The number of halogens is 1. The van der Waals surface area contributed by atoms with Crippen LogP contribution in [0.15, 0.2) is 48.5 Å². The molecule has 0 fully saturated rings. The number of rotatable bonds is 6. The van der Waals surface area contributed by atoms with Crippen molar-refractivity contribution in [1.29, 1.82) is 0 Å². The summed E-state index contributed by atoms with van der Waals surface area (Å²) < 4.78 is 11.1. The van der Waals surface area contributed by atoms with Crippen molar-refractivity contribution in [3.05, 3.63) is 53.6 Å². The summed E-state index contributed by atoms with van der Waals surface area (Å²) >= 11 is 5.84. The van der Waals surface area contributed by atoms with Crippen LogP contribution in [0.2, 0.25) is 5.02 Å². The second-order valence-electron chi connectivity index (χ2n) is 4.46. The fraction of sp³-hybridized carbons (Fsp3) is 0.250. The highest BCUT2D eigenvalue weighted by Crippen LogP contribution is 2.23. The molecule has 2 aromatic rings. The number of nitrogens with one attached hydrogen (secondary N) is 1. The number of hydrogen-bond acceptors (Lipinski definition) is 3. The van der Waals surface area contributed by atoms with Crippen molar-refractivity contribution in [2.75, 3.05) is 19.0 Å². The number of para-hydroxylation sites is 2. The fourth-order valence-electron chi connectivity index (χ4n) is 1.83. The van der Waals surface area contributed by atoms with E-state index in [-0.39, 0.29) is 6.10 Å². The molecule has 0 aliphatic rings. The third-order valence-electron chi connectivity index (χ3n) is 2.84. The molecule has 20 heavy (non-hydrogen) atoms. The molecule has 0 saturated heterocycles. The quantitative estimate of drug-likeness (QED) is 0.864. The second-order valence-corrected chi connectivity index (χ2v) is 4.90. The Morgan fingerprint density at radius 3 is 2.50 bits per heavy atom. The Bertz CT molecular complexity index is 542. The Balaban J connectivity index is 1.88. The Morgan fingerprint density at radius 1 is 1.10 bits per heavy atom. The first-order valence-electron chi connectivity index (χ1n) is 6.48. The number of benzene rings is 2. The minimum atomic E-state index is 0.0288. The molecule has 0 aliphatic heterocycles. The number of anilines is 1. The molecule has 0 amide bonds. The van der Waals surface area contributed by atoms with Gasteiger partial charge in [-0.05, 0) is 43.3 Å². The van der Waals surface area contributed by atoms with Crippen LogP contribution < -0.4 is 14.8 Å². The first kappa shape index (κ1) is 14.5. The number of ether oxygens (including phenoxy) is 2. The summed E-state index contributed by atoms with van der Waals surface area (Å²) in [5, 5.41) is 4.03. The van der Waals surface area contributed by atoms with Gasteiger partial charge in [0.25, 0.3) is 0 Å². The Hall–Kier alpha value is -1.87. The van der Waals surface area contributed by atoms with Crippen molar-refractivity contribution < 1.29 is 9.47 Å². The summed E-state index contributed by atoms with van der Waals surface area (Å²) in [5.74, 6) is 1.63. The molecule has 0 bridgehead atoms. The van der Waals surface area contributed by atoms with Gasteiger partial charge in [-0.1, -0.05) is 23.7 Å². The molecule has 4 heteroatoms. The average molecular weight is 292 g/mol. The molecule has 1 unspecified atom stereocenters. The van der Waals surface area contributed by atoms with Gasteiger partial charge in [-0.25, -0.2) is 0 Å². The minimum absolute atomic E-state index is 0.0288. The molecule has 3 nitrogen and oxygen atoms in total. The summed E-state index contributed by atoms with van der Waals surface area (Å²) in [7, 11) is 1.66. The zero-order valence-corrected chi connectivity index (χ0v) is 12.4. The largest absolute Gasteiger partial charge is 0.495 e. The van der Waals surface area contributed by atoms with Crippen molar-refractivity contribution >= 4 is 17.3 Å². The van der Waals surface area contributed by atoms with Crippen LogP contribution in [0.3, 0.4) is 0 Å². The maximum atomic E-state index is 5.84. The van der Waals surface area contributed by atoms with E-state index in [1.807, 2.05) is 55.5 Å². The maximum absolute atomic E-state index is 5.84. The predicted molar refractivity (Wildman–Crippen MR) is 83.0 cm³/mol. The van der Waals surface area contributed by atoms with E-state index in [0.29, 0.717) is 11.6 Å². The summed E-state index contributed by atoms with van der Waals surface area (Å²) in [5.41, 5.74) is 0.960. The van der Waals surface area contributed by atoms with Crippen molar-refractivity contribution in [3.8, 4) is 11.5 Å². The molecular formula is C16H18ClNO2. The summed E-state index contributed by atoms with van der Waals surface area (Å²) in [6.07, 6.45) is 0.0288. The molecule has 0 heterocycles. The van der Waals surface area contributed by atoms with Crippen LogP contribution >= 0.6 is 11.6 Å². The van der Waals surface area contributed by atoms with Gasteiger partial charge >= 0.3 is 0 Å². The lowest BCUT2D eigenvalue weighted by Crippen LogP contribution is -2.22. The molecule has 1 atom stereocenters. The molecule has 0 saturated carbocycles. The van der Waals surface area contributed by atoms with E-state index in [4.69, 9.17) is 21.1 Å². The molecule has 0 aromatic heterocycles. The van der Waals surface area contributed by atoms with E-state index in [2.05, 4.69) is 5.32 Å². The SMILES string of the molecule is COc1ccccc1NCC(C)Oc1ccc(Cl)cc1. The van der Waals surface area contributed by atoms with E-state index in [9.17, 15) is 0 Å². The van der Waals surface area contributed by atoms with Crippen molar-refractivity contribution in [2.24, 2.45) is 0 Å².